The topological polar surface area (TPSA) is 42.2 Å². The lowest BCUT2D eigenvalue weighted by Gasteiger charge is -2.12. The van der Waals surface area contributed by atoms with Crippen molar-refractivity contribution in [2.24, 2.45) is 5.92 Å². The molecule has 0 saturated heterocycles. The van der Waals surface area contributed by atoms with E-state index < -0.39 is 11.8 Å². The Hall–Kier alpha value is -1.72. The summed E-state index contributed by atoms with van der Waals surface area (Å²) < 4.78 is 27.4. The van der Waals surface area contributed by atoms with Crippen LogP contribution in [-0.4, -0.2) is 27.1 Å². The second kappa shape index (κ2) is 3.63. The van der Waals surface area contributed by atoms with Crippen molar-refractivity contribution in [2.75, 3.05) is 11.9 Å². The maximum absolute atomic E-state index is 12.9. The SMILES string of the molecule is Cc1nc2ccnn2c(NCC2CC2(F)F)c1C. The lowest BCUT2D eigenvalue weighted by molar-refractivity contribution is 0.101. The van der Waals surface area contributed by atoms with Gasteiger partial charge in [-0.25, -0.2) is 13.8 Å². The van der Waals surface area contributed by atoms with Gasteiger partial charge in [-0.1, -0.05) is 0 Å². The van der Waals surface area contributed by atoms with Crippen LogP contribution in [0, 0.1) is 19.8 Å². The molecule has 2 heterocycles. The van der Waals surface area contributed by atoms with E-state index in [4.69, 9.17) is 0 Å². The fourth-order valence-corrected chi connectivity index (χ4v) is 2.06. The van der Waals surface area contributed by atoms with Gasteiger partial charge >= 0.3 is 0 Å². The van der Waals surface area contributed by atoms with Crippen molar-refractivity contribution >= 4 is 11.5 Å². The van der Waals surface area contributed by atoms with E-state index in [1.54, 1.807) is 16.8 Å². The average Bonchev–Trinajstić information content (AvgIpc) is 2.73. The highest BCUT2D eigenvalue weighted by molar-refractivity contribution is 5.54. The first kappa shape index (κ1) is 11.4. The molecule has 1 N–H and O–H groups in total. The number of anilines is 1. The summed E-state index contributed by atoms with van der Waals surface area (Å²) in [6, 6.07) is 1.79. The Morgan fingerprint density at radius 3 is 2.89 bits per heavy atom. The van der Waals surface area contributed by atoms with Crippen LogP contribution in [0.2, 0.25) is 0 Å². The van der Waals surface area contributed by atoms with E-state index in [0.717, 1.165) is 22.7 Å². The maximum Gasteiger partial charge on any atom is 0.253 e. The minimum absolute atomic E-state index is 0.0225. The summed E-state index contributed by atoms with van der Waals surface area (Å²) in [4.78, 5) is 4.38. The fraction of sp³-hybridized carbons (Fsp3) is 0.500. The number of aryl methyl sites for hydroxylation is 1. The number of fused-ring (bicyclic) bond motifs is 1. The van der Waals surface area contributed by atoms with Gasteiger partial charge in [0.15, 0.2) is 5.65 Å². The molecule has 1 saturated carbocycles. The molecule has 1 atom stereocenters. The van der Waals surface area contributed by atoms with Crippen LogP contribution in [0.4, 0.5) is 14.6 Å². The number of nitrogens with one attached hydrogen (secondary N) is 1. The largest absolute Gasteiger partial charge is 0.369 e. The van der Waals surface area contributed by atoms with Gasteiger partial charge in [0.05, 0.1) is 6.20 Å². The highest BCUT2D eigenvalue weighted by Crippen LogP contribution is 2.48. The third kappa shape index (κ3) is 1.72. The summed E-state index contributed by atoms with van der Waals surface area (Å²) in [5, 5.41) is 7.24. The normalized spacial score (nSPS) is 21.2. The summed E-state index contributed by atoms with van der Waals surface area (Å²) in [6.45, 7) is 4.09. The molecule has 0 spiro atoms. The van der Waals surface area contributed by atoms with E-state index in [-0.39, 0.29) is 13.0 Å². The fourth-order valence-electron chi connectivity index (χ4n) is 2.06. The van der Waals surface area contributed by atoms with Gasteiger partial charge < -0.3 is 5.32 Å². The highest BCUT2D eigenvalue weighted by atomic mass is 19.3. The van der Waals surface area contributed by atoms with Crippen LogP contribution in [0.15, 0.2) is 12.3 Å². The molecule has 0 aliphatic heterocycles. The van der Waals surface area contributed by atoms with E-state index in [1.807, 2.05) is 13.8 Å². The smallest absolute Gasteiger partial charge is 0.253 e. The Morgan fingerprint density at radius 2 is 2.22 bits per heavy atom. The molecule has 96 valence electrons. The van der Waals surface area contributed by atoms with Crippen LogP contribution in [0.5, 0.6) is 0 Å². The molecule has 18 heavy (non-hydrogen) atoms. The molecule has 0 bridgehead atoms. The Morgan fingerprint density at radius 1 is 1.50 bits per heavy atom. The second-order valence-electron chi connectivity index (χ2n) is 4.82. The Bertz CT molecular complexity index is 605. The van der Waals surface area contributed by atoms with E-state index in [1.165, 1.54) is 0 Å². The van der Waals surface area contributed by atoms with E-state index in [0.29, 0.717) is 0 Å². The summed E-state index contributed by atoms with van der Waals surface area (Å²) in [5.41, 5.74) is 2.55. The van der Waals surface area contributed by atoms with Crippen molar-refractivity contribution in [2.45, 2.75) is 26.2 Å². The number of nitrogens with zero attached hydrogens (tertiary/aromatic N) is 3. The summed E-state index contributed by atoms with van der Waals surface area (Å²) >= 11 is 0. The number of rotatable bonds is 3. The van der Waals surface area contributed by atoms with Crippen LogP contribution < -0.4 is 5.32 Å². The molecular formula is C12H14F2N4. The number of hydrogen-bond acceptors (Lipinski definition) is 3. The molecule has 6 heteroatoms. The maximum atomic E-state index is 12.9. The number of aromatic nitrogens is 3. The molecule has 2 aromatic rings. The van der Waals surface area contributed by atoms with Crippen LogP contribution in [0.1, 0.15) is 17.7 Å². The van der Waals surface area contributed by atoms with Crippen molar-refractivity contribution in [1.29, 1.82) is 0 Å². The van der Waals surface area contributed by atoms with Crippen molar-refractivity contribution in [3.05, 3.63) is 23.5 Å². The standard InChI is InChI=1S/C12H14F2N4/c1-7-8(2)17-10-3-4-16-18(10)11(7)15-6-9-5-12(9,13)14/h3-4,9,15H,5-6H2,1-2H3. The minimum Gasteiger partial charge on any atom is -0.369 e. The van der Waals surface area contributed by atoms with Gasteiger partial charge in [-0.15, -0.1) is 0 Å². The molecule has 0 radical (unpaired) electrons. The Labute approximate surface area is 103 Å². The molecule has 0 amide bonds. The summed E-state index contributed by atoms with van der Waals surface area (Å²) in [5.74, 6) is -2.30. The quantitative estimate of drug-likeness (QED) is 0.912. The van der Waals surface area contributed by atoms with Crippen LogP contribution in [0.25, 0.3) is 5.65 Å². The third-order valence-corrected chi connectivity index (χ3v) is 3.49. The zero-order valence-electron chi connectivity index (χ0n) is 10.2. The predicted molar refractivity (Wildman–Crippen MR) is 64.0 cm³/mol. The molecule has 3 rings (SSSR count). The second-order valence-corrected chi connectivity index (χ2v) is 4.82. The van der Waals surface area contributed by atoms with Gasteiger partial charge in [0, 0.05) is 36.2 Å². The highest BCUT2D eigenvalue weighted by Gasteiger charge is 2.56. The Balaban J connectivity index is 1.90. The van der Waals surface area contributed by atoms with Gasteiger partial charge in [0.25, 0.3) is 5.92 Å². The monoisotopic (exact) mass is 252 g/mol. The summed E-state index contributed by atoms with van der Waals surface area (Å²) in [7, 11) is 0. The molecular weight excluding hydrogens is 238 g/mol. The number of alkyl halides is 2. The lowest BCUT2D eigenvalue weighted by atomic mass is 10.2. The molecule has 4 nitrogen and oxygen atoms in total. The first-order valence-corrected chi connectivity index (χ1v) is 5.91. The first-order valence-electron chi connectivity index (χ1n) is 5.91. The Kier molecular flexibility index (Phi) is 2.30. The van der Waals surface area contributed by atoms with Gasteiger partial charge in [-0.3, -0.25) is 0 Å². The van der Waals surface area contributed by atoms with E-state index in [9.17, 15) is 8.78 Å². The first-order chi connectivity index (χ1) is 8.49. The van der Waals surface area contributed by atoms with Gasteiger partial charge in [0.1, 0.15) is 5.82 Å². The van der Waals surface area contributed by atoms with Crippen molar-refractivity contribution in [3.8, 4) is 0 Å². The molecule has 1 aliphatic rings. The average molecular weight is 252 g/mol. The van der Waals surface area contributed by atoms with Crippen molar-refractivity contribution < 1.29 is 8.78 Å². The van der Waals surface area contributed by atoms with E-state index >= 15 is 0 Å². The lowest BCUT2D eigenvalue weighted by Crippen LogP contribution is -2.14. The van der Waals surface area contributed by atoms with Gasteiger partial charge in [0.2, 0.25) is 0 Å². The number of halogens is 2. The molecule has 2 aromatic heterocycles. The van der Waals surface area contributed by atoms with E-state index in [2.05, 4.69) is 15.4 Å². The van der Waals surface area contributed by atoms with Crippen LogP contribution in [-0.2, 0) is 0 Å². The minimum atomic E-state index is -2.49. The molecule has 0 aromatic carbocycles. The molecule has 1 fully saturated rings. The zero-order chi connectivity index (χ0) is 12.9. The van der Waals surface area contributed by atoms with Crippen molar-refractivity contribution in [3.63, 3.8) is 0 Å². The van der Waals surface area contributed by atoms with Gasteiger partial charge in [-0.2, -0.15) is 9.61 Å². The number of hydrogen-bond donors (Lipinski definition) is 1. The summed E-state index contributed by atoms with van der Waals surface area (Å²) in [6.07, 6.45) is 1.63. The third-order valence-electron chi connectivity index (χ3n) is 3.49. The zero-order valence-corrected chi connectivity index (χ0v) is 10.2. The molecule has 1 aliphatic carbocycles. The van der Waals surface area contributed by atoms with Crippen molar-refractivity contribution in [1.82, 2.24) is 14.6 Å². The van der Waals surface area contributed by atoms with Gasteiger partial charge in [-0.05, 0) is 13.8 Å². The molecule has 1 unspecified atom stereocenters. The van der Waals surface area contributed by atoms with Crippen LogP contribution >= 0.6 is 0 Å². The predicted octanol–water partition coefficient (Wildman–Crippen LogP) is 2.41. The van der Waals surface area contributed by atoms with Crippen LogP contribution in [0.3, 0.4) is 0 Å².